The monoisotopic (exact) mass is 546 g/mol. The third-order valence-electron chi connectivity index (χ3n) is 6.61. The van der Waals surface area contributed by atoms with E-state index in [4.69, 9.17) is 25.6 Å². The minimum absolute atomic E-state index is 0.113. The van der Waals surface area contributed by atoms with Crippen LogP contribution in [0.15, 0.2) is 76.5 Å². The van der Waals surface area contributed by atoms with Gasteiger partial charge in [-0.2, -0.15) is 5.10 Å². The Bertz CT molecular complexity index is 1690. The summed E-state index contributed by atoms with van der Waals surface area (Å²) in [5, 5.41) is 9.86. The Morgan fingerprint density at radius 2 is 1.90 bits per heavy atom. The molecule has 0 radical (unpaired) electrons. The van der Waals surface area contributed by atoms with Crippen molar-refractivity contribution >= 4 is 28.3 Å². The van der Waals surface area contributed by atoms with Gasteiger partial charge in [0.15, 0.2) is 5.78 Å². The van der Waals surface area contributed by atoms with E-state index in [-0.39, 0.29) is 17.8 Å². The van der Waals surface area contributed by atoms with Gasteiger partial charge in [0.25, 0.3) is 5.56 Å². The zero-order chi connectivity index (χ0) is 27.5. The Balaban J connectivity index is 1.54. The summed E-state index contributed by atoms with van der Waals surface area (Å²) < 4.78 is 19.2. The van der Waals surface area contributed by atoms with Gasteiger partial charge >= 0.3 is 0 Å². The molecule has 5 aromatic rings. The minimum Gasteiger partial charge on any atom is -0.495 e. The van der Waals surface area contributed by atoms with Crippen LogP contribution in [0.1, 0.15) is 18.0 Å². The molecular formula is C29H27ClN4O5. The van der Waals surface area contributed by atoms with E-state index >= 15 is 0 Å². The molecule has 0 aliphatic heterocycles. The summed E-state index contributed by atoms with van der Waals surface area (Å²) in [6.45, 7) is 0.305. The number of methoxy groups -OCH3 is 2. The van der Waals surface area contributed by atoms with Crippen LogP contribution in [0.3, 0.4) is 0 Å². The molecule has 0 amide bonds. The fraction of sp³-hybridized carbons (Fsp3) is 0.241. The average Bonchev–Trinajstić information content (AvgIpc) is 3.58. The number of halogens is 1. The van der Waals surface area contributed by atoms with Gasteiger partial charge in [-0.25, -0.2) is 0 Å². The maximum atomic E-state index is 13.6. The molecule has 200 valence electrons. The van der Waals surface area contributed by atoms with Crippen LogP contribution in [-0.2, 0) is 23.0 Å². The summed E-state index contributed by atoms with van der Waals surface area (Å²) in [7, 11) is 4.94. The third-order valence-corrected chi connectivity index (χ3v) is 6.85. The molecule has 39 heavy (non-hydrogen) atoms. The number of aromatic nitrogens is 4. The molecule has 0 saturated carbocycles. The second-order valence-corrected chi connectivity index (χ2v) is 9.65. The van der Waals surface area contributed by atoms with Crippen molar-refractivity contribution in [2.45, 2.75) is 18.9 Å². The van der Waals surface area contributed by atoms with Gasteiger partial charge in [-0.1, -0.05) is 28.9 Å². The summed E-state index contributed by atoms with van der Waals surface area (Å²) >= 11 is 6.33. The van der Waals surface area contributed by atoms with Crippen LogP contribution in [0.5, 0.6) is 5.75 Å². The van der Waals surface area contributed by atoms with Gasteiger partial charge in [0, 0.05) is 67.1 Å². The largest absolute Gasteiger partial charge is 0.495 e. The van der Waals surface area contributed by atoms with Crippen LogP contribution in [-0.4, -0.2) is 46.1 Å². The highest BCUT2D eigenvalue weighted by Gasteiger charge is 2.24. The van der Waals surface area contributed by atoms with Crippen molar-refractivity contribution in [1.29, 1.82) is 0 Å². The molecule has 0 spiro atoms. The second-order valence-electron chi connectivity index (χ2n) is 9.21. The molecule has 0 saturated heterocycles. The van der Waals surface area contributed by atoms with Crippen LogP contribution >= 0.6 is 11.6 Å². The van der Waals surface area contributed by atoms with Gasteiger partial charge in [-0.3, -0.25) is 14.3 Å². The molecule has 0 bridgehead atoms. The van der Waals surface area contributed by atoms with E-state index in [1.54, 1.807) is 36.2 Å². The summed E-state index contributed by atoms with van der Waals surface area (Å²) in [5.74, 6) is 0.298. The Morgan fingerprint density at radius 3 is 2.64 bits per heavy atom. The van der Waals surface area contributed by atoms with E-state index in [2.05, 4.69) is 10.3 Å². The first-order valence-corrected chi connectivity index (χ1v) is 12.7. The molecule has 0 aliphatic rings. The maximum Gasteiger partial charge on any atom is 0.252 e. The number of ketones is 1. The first kappa shape index (κ1) is 26.4. The summed E-state index contributed by atoms with van der Waals surface area (Å²) in [6, 6.07) is 13.5. The molecule has 2 aromatic carbocycles. The summed E-state index contributed by atoms with van der Waals surface area (Å²) in [4.78, 5) is 27.1. The summed E-state index contributed by atoms with van der Waals surface area (Å²) in [6.07, 6.45) is 5.44. The number of nitrogens with zero attached hydrogens (tertiary/aromatic N) is 4. The maximum absolute atomic E-state index is 13.6. The van der Waals surface area contributed by atoms with E-state index in [1.165, 1.54) is 24.0 Å². The van der Waals surface area contributed by atoms with Crippen molar-refractivity contribution in [1.82, 2.24) is 19.5 Å². The molecule has 0 aliphatic carbocycles. The number of rotatable bonds is 10. The lowest BCUT2D eigenvalue weighted by atomic mass is 9.97. The number of aryl methyl sites for hydroxylation is 1. The first-order chi connectivity index (χ1) is 18.9. The second kappa shape index (κ2) is 11.3. The SMILES string of the molecule is COCCC(C(=O)Cc1ccc2nn(C)cc2c1)n1cc(OC)c(-c2cc(Cl)ccc2-c2ccon2)cc1=O. The van der Waals surface area contributed by atoms with E-state index in [0.717, 1.165) is 22.0 Å². The number of benzene rings is 2. The number of fused-ring (bicyclic) bond motifs is 1. The standard InChI is InChI=1S/C29H27ClN4O5/c1-33-16-19-12-18(4-7-24(19)31-33)13-27(35)26(9-10-37-2)34-17-28(38-3)23(15-29(34)36)22-14-20(30)5-6-21(22)25-8-11-39-32-25/h4-8,11-12,14-17,26H,9-10,13H2,1-3H3. The highest BCUT2D eigenvalue weighted by atomic mass is 35.5. The molecule has 0 N–H and O–H groups in total. The van der Waals surface area contributed by atoms with E-state index in [1.807, 2.05) is 37.5 Å². The van der Waals surface area contributed by atoms with Crippen LogP contribution < -0.4 is 10.3 Å². The van der Waals surface area contributed by atoms with Crippen molar-refractivity contribution in [2.75, 3.05) is 20.8 Å². The number of hydrogen-bond acceptors (Lipinski definition) is 7. The number of Topliss-reactive ketones (excluding diaryl/α,β-unsaturated/α-hetero) is 1. The van der Waals surface area contributed by atoms with Crippen molar-refractivity contribution in [3.63, 3.8) is 0 Å². The highest BCUT2D eigenvalue weighted by Crippen LogP contribution is 2.38. The zero-order valence-electron chi connectivity index (χ0n) is 21.8. The number of hydrogen-bond donors (Lipinski definition) is 0. The smallest absolute Gasteiger partial charge is 0.252 e. The Hall–Kier alpha value is -4.21. The van der Waals surface area contributed by atoms with Crippen LogP contribution in [0, 0.1) is 0 Å². The number of carbonyl (C=O) groups excluding carboxylic acids is 1. The predicted molar refractivity (Wildman–Crippen MR) is 148 cm³/mol. The fourth-order valence-corrected chi connectivity index (χ4v) is 4.94. The van der Waals surface area contributed by atoms with Gasteiger partial charge in [0.1, 0.15) is 17.7 Å². The van der Waals surface area contributed by atoms with Gasteiger partial charge in [-0.15, -0.1) is 0 Å². The lowest BCUT2D eigenvalue weighted by Crippen LogP contribution is -2.31. The first-order valence-electron chi connectivity index (χ1n) is 12.3. The van der Waals surface area contributed by atoms with Crippen molar-refractivity contribution in [3.8, 4) is 28.1 Å². The lowest BCUT2D eigenvalue weighted by molar-refractivity contribution is -0.122. The lowest BCUT2D eigenvalue weighted by Gasteiger charge is -2.21. The van der Waals surface area contributed by atoms with E-state index in [9.17, 15) is 9.59 Å². The molecule has 1 atom stereocenters. The molecule has 3 heterocycles. The highest BCUT2D eigenvalue weighted by molar-refractivity contribution is 6.31. The Labute approximate surface area is 229 Å². The normalized spacial score (nSPS) is 12.1. The Morgan fingerprint density at radius 1 is 1.05 bits per heavy atom. The molecule has 1 unspecified atom stereocenters. The molecule has 10 heteroatoms. The van der Waals surface area contributed by atoms with Crippen LogP contribution in [0.25, 0.3) is 33.3 Å². The van der Waals surface area contributed by atoms with Gasteiger partial charge < -0.3 is 18.6 Å². The van der Waals surface area contributed by atoms with Crippen molar-refractivity contribution in [3.05, 3.63) is 88.1 Å². The average molecular weight is 547 g/mol. The molecule has 5 rings (SSSR count). The van der Waals surface area contributed by atoms with Gasteiger partial charge in [-0.05, 0) is 41.8 Å². The topological polar surface area (TPSA) is 101 Å². The quantitative estimate of drug-likeness (QED) is 0.240. The van der Waals surface area contributed by atoms with E-state index < -0.39 is 6.04 Å². The summed E-state index contributed by atoms with van der Waals surface area (Å²) in [5.41, 5.74) is 3.84. The zero-order valence-corrected chi connectivity index (χ0v) is 22.5. The minimum atomic E-state index is -0.751. The molecule has 0 fully saturated rings. The molecular weight excluding hydrogens is 520 g/mol. The number of ether oxygens (including phenoxy) is 2. The number of pyridine rings is 1. The van der Waals surface area contributed by atoms with Crippen LogP contribution in [0.2, 0.25) is 5.02 Å². The van der Waals surface area contributed by atoms with Crippen molar-refractivity contribution in [2.24, 2.45) is 7.05 Å². The fourth-order valence-electron chi connectivity index (χ4n) is 4.77. The third kappa shape index (κ3) is 5.50. The van der Waals surface area contributed by atoms with Gasteiger partial charge in [0.2, 0.25) is 0 Å². The van der Waals surface area contributed by atoms with Crippen molar-refractivity contribution < 1.29 is 18.8 Å². The number of carbonyl (C=O) groups is 1. The predicted octanol–water partition coefficient (Wildman–Crippen LogP) is 5.11. The Kier molecular flexibility index (Phi) is 7.63. The molecule has 9 nitrogen and oxygen atoms in total. The van der Waals surface area contributed by atoms with Gasteiger partial charge in [0.05, 0.1) is 24.9 Å². The van der Waals surface area contributed by atoms with Crippen LogP contribution in [0.4, 0.5) is 0 Å². The molecule has 3 aromatic heterocycles. The van der Waals surface area contributed by atoms with E-state index in [0.29, 0.717) is 40.6 Å².